The molecule has 0 saturated carbocycles. The lowest BCUT2D eigenvalue weighted by Crippen LogP contribution is -2.33. The van der Waals surface area contributed by atoms with Crippen LogP contribution in [0.3, 0.4) is 0 Å². The predicted molar refractivity (Wildman–Crippen MR) is 104 cm³/mol. The number of para-hydroxylation sites is 1. The normalized spacial score (nSPS) is 20.0. The van der Waals surface area contributed by atoms with Gasteiger partial charge in [0.15, 0.2) is 0 Å². The first-order valence-corrected chi connectivity index (χ1v) is 9.13. The third-order valence-corrected chi connectivity index (χ3v) is 5.18. The molecular formula is C22H19N3O3. The van der Waals surface area contributed by atoms with Gasteiger partial charge in [-0.25, -0.2) is 5.01 Å². The zero-order valence-electron chi connectivity index (χ0n) is 15.3. The van der Waals surface area contributed by atoms with E-state index in [9.17, 15) is 5.11 Å². The molecule has 0 spiro atoms. The van der Waals surface area contributed by atoms with E-state index in [4.69, 9.17) is 14.6 Å². The van der Waals surface area contributed by atoms with Gasteiger partial charge in [0.1, 0.15) is 17.2 Å². The summed E-state index contributed by atoms with van der Waals surface area (Å²) in [7, 11) is 1.61. The molecule has 28 heavy (non-hydrogen) atoms. The van der Waals surface area contributed by atoms with Gasteiger partial charge in [-0.05, 0) is 30.3 Å². The topological polar surface area (TPSA) is 67.2 Å². The third kappa shape index (κ3) is 2.65. The number of aromatic nitrogens is 1. The third-order valence-electron chi connectivity index (χ3n) is 5.18. The number of hydrogen-bond acceptors (Lipinski definition) is 6. The van der Waals surface area contributed by atoms with E-state index in [0.717, 1.165) is 22.6 Å². The van der Waals surface area contributed by atoms with E-state index >= 15 is 0 Å². The Labute approximate surface area is 162 Å². The lowest BCUT2D eigenvalue weighted by Gasteiger charge is -2.38. The maximum atomic E-state index is 10.4. The monoisotopic (exact) mass is 373 g/mol. The fraction of sp³-hybridized carbons (Fsp3) is 0.182. The zero-order chi connectivity index (χ0) is 19.1. The number of aromatic hydroxyl groups is 1. The molecule has 6 heteroatoms. The standard InChI is InChI=1S/C22H19N3O3/c1-27-15-8-9-20(26)17(11-15)18-12-19-16-6-2-3-7-21(16)28-22(25(19)24-18)14-5-4-10-23-13-14/h2-11,13,19,22,26H,12H2,1H3/t19-,22+/m1/s1. The van der Waals surface area contributed by atoms with Crippen LogP contribution >= 0.6 is 0 Å². The summed E-state index contributed by atoms with van der Waals surface area (Å²) < 4.78 is 11.6. The molecule has 0 aliphatic carbocycles. The van der Waals surface area contributed by atoms with Crippen molar-refractivity contribution in [2.45, 2.75) is 18.7 Å². The molecule has 0 fully saturated rings. The highest BCUT2D eigenvalue weighted by Gasteiger charge is 2.41. The Morgan fingerprint density at radius 3 is 2.86 bits per heavy atom. The number of phenols is 1. The van der Waals surface area contributed by atoms with Crippen LogP contribution in [0.2, 0.25) is 0 Å². The van der Waals surface area contributed by atoms with Gasteiger partial charge in [0, 0.05) is 35.5 Å². The van der Waals surface area contributed by atoms with Gasteiger partial charge in [0.25, 0.3) is 0 Å². The molecule has 0 bridgehead atoms. The summed E-state index contributed by atoms with van der Waals surface area (Å²) in [5.41, 5.74) is 3.50. The van der Waals surface area contributed by atoms with Crippen LogP contribution in [0, 0.1) is 0 Å². The minimum Gasteiger partial charge on any atom is -0.507 e. The Balaban J connectivity index is 1.61. The molecule has 2 aliphatic heterocycles. The SMILES string of the molecule is COc1ccc(O)c(C2=NN3[C@H](C2)c2ccccc2O[C@H]3c2cccnc2)c1. The molecule has 0 radical (unpaired) electrons. The fourth-order valence-corrected chi connectivity index (χ4v) is 3.81. The van der Waals surface area contributed by atoms with E-state index < -0.39 is 0 Å². The van der Waals surface area contributed by atoms with E-state index in [0.29, 0.717) is 17.7 Å². The number of phenolic OH excluding ortho intramolecular Hbond substituents is 1. The summed E-state index contributed by atoms with van der Waals surface area (Å²) >= 11 is 0. The van der Waals surface area contributed by atoms with Crippen LogP contribution in [0.5, 0.6) is 17.2 Å². The molecule has 2 atom stereocenters. The fourth-order valence-electron chi connectivity index (χ4n) is 3.81. The molecule has 140 valence electrons. The van der Waals surface area contributed by atoms with Crippen molar-refractivity contribution in [1.82, 2.24) is 9.99 Å². The van der Waals surface area contributed by atoms with Crippen LogP contribution in [0.1, 0.15) is 35.4 Å². The van der Waals surface area contributed by atoms with Gasteiger partial charge < -0.3 is 14.6 Å². The van der Waals surface area contributed by atoms with Crippen molar-refractivity contribution in [3.8, 4) is 17.2 Å². The molecule has 2 aliphatic rings. The summed E-state index contributed by atoms with van der Waals surface area (Å²) in [6.45, 7) is 0. The molecule has 3 aromatic rings. The first kappa shape index (κ1) is 16.6. The number of methoxy groups -OCH3 is 1. The van der Waals surface area contributed by atoms with Gasteiger partial charge in [-0.3, -0.25) is 4.98 Å². The zero-order valence-corrected chi connectivity index (χ0v) is 15.3. The number of ether oxygens (including phenoxy) is 2. The van der Waals surface area contributed by atoms with Crippen LogP contribution in [0.4, 0.5) is 0 Å². The highest BCUT2D eigenvalue weighted by atomic mass is 16.5. The number of rotatable bonds is 3. The Kier molecular flexibility index (Phi) is 3.90. The minimum atomic E-state index is -0.376. The quantitative estimate of drug-likeness (QED) is 0.751. The van der Waals surface area contributed by atoms with Gasteiger partial charge in [0.05, 0.1) is 18.9 Å². The highest BCUT2D eigenvalue weighted by molar-refractivity contribution is 6.04. The number of hydrogen-bond donors (Lipinski definition) is 1. The van der Waals surface area contributed by atoms with Crippen molar-refractivity contribution in [2.24, 2.45) is 5.10 Å². The summed E-state index contributed by atoms with van der Waals surface area (Å²) in [4.78, 5) is 4.23. The highest BCUT2D eigenvalue weighted by Crippen LogP contribution is 2.47. The smallest absolute Gasteiger partial charge is 0.215 e. The van der Waals surface area contributed by atoms with Gasteiger partial charge in [-0.15, -0.1) is 0 Å². The Bertz CT molecular complexity index is 1050. The molecule has 6 nitrogen and oxygen atoms in total. The second-order valence-corrected chi connectivity index (χ2v) is 6.82. The summed E-state index contributed by atoms with van der Waals surface area (Å²) in [6, 6.07) is 17.1. The van der Waals surface area contributed by atoms with Crippen LogP contribution < -0.4 is 9.47 Å². The first-order chi connectivity index (χ1) is 13.7. The molecule has 3 heterocycles. The number of benzene rings is 2. The van der Waals surface area contributed by atoms with E-state index in [1.54, 1.807) is 31.6 Å². The Hall–Kier alpha value is -3.54. The first-order valence-electron chi connectivity index (χ1n) is 9.13. The Morgan fingerprint density at radius 2 is 2.04 bits per heavy atom. The van der Waals surface area contributed by atoms with Crippen molar-refractivity contribution in [3.63, 3.8) is 0 Å². The maximum absolute atomic E-state index is 10.4. The van der Waals surface area contributed by atoms with Crippen molar-refractivity contribution in [1.29, 1.82) is 0 Å². The number of hydrazone groups is 1. The van der Waals surface area contributed by atoms with E-state index in [1.165, 1.54) is 0 Å². The molecule has 0 saturated heterocycles. The van der Waals surface area contributed by atoms with Crippen LogP contribution in [-0.2, 0) is 0 Å². The molecule has 5 rings (SSSR count). The van der Waals surface area contributed by atoms with Crippen LogP contribution in [0.15, 0.2) is 72.1 Å². The average molecular weight is 373 g/mol. The van der Waals surface area contributed by atoms with Crippen molar-refractivity contribution in [2.75, 3.05) is 7.11 Å². The number of pyridine rings is 1. The number of fused-ring (bicyclic) bond motifs is 3. The molecular weight excluding hydrogens is 354 g/mol. The lowest BCUT2D eigenvalue weighted by molar-refractivity contribution is -0.0192. The van der Waals surface area contributed by atoms with Gasteiger partial charge in [-0.1, -0.05) is 24.3 Å². The van der Waals surface area contributed by atoms with Crippen molar-refractivity contribution >= 4 is 5.71 Å². The summed E-state index contributed by atoms with van der Waals surface area (Å²) in [5.74, 6) is 1.72. The largest absolute Gasteiger partial charge is 0.507 e. The molecule has 0 unspecified atom stereocenters. The van der Waals surface area contributed by atoms with Gasteiger partial charge >= 0.3 is 0 Å². The second-order valence-electron chi connectivity index (χ2n) is 6.82. The maximum Gasteiger partial charge on any atom is 0.215 e. The summed E-state index contributed by atoms with van der Waals surface area (Å²) in [5, 5.41) is 17.2. The van der Waals surface area contributed by atoms with E-state index in [2.05, 4.69) is 11.1 Å². The van der Waals surface area contributed by atoms with Crippen molar-refractivity contribution in [3.05, 3.63) is 83.7 Å². The number of nitrogens with zero attached hydrogens (tertiary/aromatic N) is 3. The van der Waals surface area contributed by atoms with E-state index in [1.807, 2.05) is 41.4 Å². The second kappa shape index (κ2) is 6.56. The van der Waals surface area contributed by atoms with Gasteiger partial charge in [0.2, 0.25) is 6.23 Å². The lowest BCUT2D eigenvalue weighted by atomic mass is 9.95. The summed E-state index contributed by atoms with van der Waals surface area (Å²) in [6.07, 6.45) is 3.83. The minimum absolute atomic E-state index is 0.0238. The molecule has 2 aromatic carbocycles. The molecule has 0 amide bonds. The average Bonchev–Trinajstić information content (AvgIpc) is 3.19. The predicted octanol–water partition coefficient (Wildman–Crippen LogP) is 4.04. The Morgan fingerprint density at radius 1 is 1.14 bits per heavy atom. The van der Waals surface area contributed by atoms with Crippen LogP contribution in [-0.4, -0.2) is 27.9 Å². The molecule has 1 N–H and O–H groups in total. The van der Waals surface area contributed by atoms with Gasteiger partial charge in [-0.2, -0.15) is 5.10 Å². The van der Waals surface area contributed by atoms with E-state index in [-0.39, 0.29) is 18.0 Å². The van der Waals surface area contributed by atoms with Crippen molar-refractivity contribution < 1.29 is 14.6 Å². The molecule has 1 aromatic heterocycles. The van der Waals surface area contributed by atoms with Crippen LogP contribution in [0.25, 0.3) is 0 Å².